The van der Waals surface area contributed by atoms with Crippen LogP contribution in [0.2, 0.25) is 0 Å². The van der Waals surface area contributed by atoms with Crippen LogP contribution in [0.4, 0.5) is 0 Å². The first-order valence-electron chi connectivity index (χ1n) is 9.87. The lowest BCUT2D eigenvalue weighted by Gasteiger charge is -2.38. The van der Waals surface area contributed by atoms with Gasteiger partial charge in [-0.25, -0.2) is 9.80 Å². The standard InChI is InChI=1S/C23H19BrN2O5S/c1-29-17-8-7-13(20(23(27)28)21(17)30-2)22-26-15(12-5-3-4-6-16(12)31-22)11-14(25-26)18-9-10-19(24)32-18/h3-10,15,22H,11H2,1-2H3,(H,27,28). The van der Waals surface area contributed by atoms with Crippen LogP contribution in [0.5, 0.6) is 17.2 Å². The van der Waals surface area contributed by atoms with E-state index in [1.807, 2.05) is 41.4 Å². The third-order valence-corrected chi connectivity index (χ3v) is 7.29. The van der Waals surface area contributed by atoms with Crippen LogP contribution in [0.25, 0.3) is 0 Å². The normalized spacial score (nSPS) is 19.0. The van der Waals surface area contributed by atoms with Gasteiger partial charge in [-0.3, -0.25) is 0 Å². The number of rotatable bonds is 5. The number of carbonyl (C=O) groups is 1. The summed E-state index contributed by atoms with van der Waals surface area (Å²) < 4.78 is 18.1. The van der Waals surface area contributed by atoms with E-state index in [0.29, 0.717) is 23.5 Å². The molecule has 2 unspecified atom stereocenters. The number of nitrogens with zero attached hydrogens (tertiary/aromatic N) is 2. The maximum atomic E-state index is 12.3. The number of thiophene rings is 1. The van der Waals surface area contributed by atoms with Crippen molar-refractivity contribution in [2.45, 2.75) is 18.7 Å². The first kappa shape index (κ1) is 20.8. The van der Waals surface area contributed by atoms with E-state index in [2.05, 4.69) is 15.9 Å². The zero-order valence-corrected chi connectivity index (χ0v) is 19.6. The Morgan fingerprint density at radius 2 is 1.97 bits per heavy atom. The van der Waals surface area contributed by atoms with Crippen molar-refractivity contribution in [2.24, 2.45) is 5.10 Å². The van der Waals surface area contributed by atoms with Gasteiger partial charge < -0.3 is 19.3 Å². The fourth-order valence-electron chi connectivity index (χ4n) is 4.23. The van der Waals surface area contributed by atoms with Gasteiger partial charge in [-0.15, -0.1) is 11.3 Å². The number of ether oxygens (including phenoxy) is 3. The quantitative estimate of drug-likeness (QED) is 0.486. The predicted molar refractivity (Wildman–Crippen MR) is 124 cm³/mol. The summed E-state index contributed by atoms with van der Waals surface area (Å²) in [5, 5.41) is 16.8. The Hall–Kier alpha value is -3.04. The molecule has 0 aliphatic carbocycles. The maximum Gasteiger partial charge on any atom is 0.340 e. The number of hydrogen-bond acceptors (Lipinski definition) is 7. The van der Waals surface area contributed by atoms with Crippen LogP contribution in [0.15, 0.2) is 57.4 Å². The summed E-state index contributed by atoms with van der Waals surface area (Å²) in [5.41, 5.74) is 2.41. The van der Waals surface area contributed by atoms with E-state index < -0.39 is 12.2 Å². The van der Waals surface area contributed by atoms with Crippen LogP contribution in [-0.2, 0) is 0 Å². The number of fused-ring (bicyclic) bond motifs is 3. The molecule has 0 radical (unpaired) electrons. The summed E-state index contributed by atoms with van der Waals surface area (Å²) in [6.45, 7) is 0. The topological polar surface area (TPSA) is 80.6 Å². The lowest BCUT2D eigenvalue weighted by atomic mass is 9.96. The van der Waals surface area contributed by atoms with E-state index >= 15 is 0 Å². The van der Waals surface area contributed by atoms with Crippen molar-refractivity contribution in [3.8, 4) is 17.2 Å². The molecule has 3 aromatic rings. The fourth-order valence-corrected chi connectivity index (χ4v) is 5.61. The second-order valence-corrected chi connectivity index (χ2v) is 9.79. The molecule has 0 spiro atoms. The number of benzene rings is 2. The minimum atomic E-state index is -1.12. The molecule has 2 atom stereocenters. The van der Waals surface area contributed by atoms with Gasteiger partial charge in [0.05, 0.1) is 34.6 Å². The smallest absolute Gasteiger partial charge is 0.340 e. The van der Waals surface area contributed by atoms with Gasteiger partial charge in [-0.2, -0.15) is 5.10 Å². The molecule has 2 aromatic carbocycles. The van der Waals surface area contributed by atoms with Gasteiger partial charge in [-0.05, 0) is 46.3 Å². The molecule has 164 valence electrons. The number of carboxylic acid groups (broad SMARTS) is 1. The molecule has 32 heavy (non-hydrogen) atoms. The van der Waals surface area contributed by atoms with E-state index in [9.17, 15) is 9.90 Å². The van der Waals surface area contributed by atoms with Crippen LogP contribution in [0.1, 0.15) is 45.1 Å². The van der Waals surface area contributed by atoms with Gasteiger partial charge >= 0.3 is 5.97 Å². The summed E-state index contributed by atoms with van der Waals surface area (Å²) in [7, 11) is 2.90. The largest absolute Gasteiger partial charge is 0.493 e. The molecule has 3 heterocycles. The van der Waals surface area contributed by atoms with E-state index in [1.54, 1.807) is 23.5 Å². The number of para-hydroxylation sites is 1. The van der Waals surface area contributed by atoms with Gasteiger partial charge in [0.25, 0.3) is 0 Å². The summed E-state index contributed by atoms with van der Waals surface area (Å²) in [5.74, 6) is 0.0894. The second-order valence-electron chi connectivity index (χ2n) is 7.33. The van der Waals surface area contributed by atoms with Crippen LogP contribution < -0.4 is 14.2 Å². The van der Waals surface area contributed by atoms with E-state index in [0.717, 1.165) is 19.9 Å². The summed E-state index contributed by atoms with van der Waals surface area (Å²) in [4.78, 5) is 13.4. The molecule has 0 bridgehead atoms. The van der Waals surface area contributed by atoms with E-state index in [-0.39, 0.29) is 17.4 Å². The molecule has 0 saturated heterocycles. The Balaban J connectivity index is 1.67. The zero-order chi connectivity index (χ0) is 22.4. The molecule has 7 nitrogen and oxygen atoms in total. The van der Waals surface area contributed by atoms with Gasteiger partial charge in [-0.1, -0.05) is 18.2 Å². The van der Waals surface area contributed by atoms with Crippen molar-refractivity contribution >= 4 is 38.9 Å². The molecule has 0 saturated carbocycles. The molecule has 5 rings (SSSR count). The van der Waals surface area contributed by atoms with E-state index in [4.69, 9.17) is 19.3 Å². The molecule has 0 fully saturated rings. The average molecular weight is 515 g/mol. The Morgan fingerprint density at radius 1 is 1.16 bits per heavy atom. The minimum Gasteiger partial charge on any atom is -0.493 e. The van der Waals surface area contributed by atoms with Crippen molar-refractivity contribution in [1.82, 2.24) is 5.01 Å². The van der Waals surface area contributed by atoms with Crippen LogP contribution in [0, 0.1) is 0 Å². The molecular weight excluding hydrogens is 496 g/mol. The zero-order valence-electron chi connectivity index (χ0n) is 17.2. The molecule has 2 aliphatic heterocycles. The summed E-state index contributed by atoms with van der Waals surface area (Å²) in [6, 6.07) is 15.2. The Labute approximate surface area is 197 Å². The first-order valence-corrected chi connectivity index (χ1v) is 11.5. The van der Waals surface area contributed by atoms with Gasteiger partial charge in [0.2, 0.25) is 6.23 Å². The number of hydrogen-bond donors (Lipinski definition) is 1. The number of aromatic carboxylic acids is 1. The van der Waals surface area contributed by atoms with Crippen LogP contribution in [0.3, 0.4) is 0 Å². The third-order valence-electron chi connectivity index (χ3n) is 5.61. The van der Waals surface area contributed by atoms with Gasteiger partial charge in [0, 0.05) is 17.5 Å². The highest BCUT2D eigenvalue weighted by atomic mass is 79.9. The van der Waals surface area contributed by atoms with Crippen LogP contribution >= 0.6 is 27.3 Å². The lowest BCUT2D eigenvalue weighted by Crippen LogP contribution is -2.34. The fraction of sp³-hybridized carbons (Fsp3) is 0.217. The Kier molecular flexibility index (Phi) is 5.30. The van der Waals surface area contributed by atoms with Crippen LogP contribution in [-0.4, -0.2) is 36.0 Å². The summed E-state index contributed by atoms with van der Waals surface area (Å²) >= 11 is 5.14. The first-order chi connectivity index (χ1) is 15.5. The predicted octanol–water partition coefficient (Wildman–Crippen LogP) is 5.47. The number of halogens is 1. The second kappa shape index (κ2) is 8.14. The third kappa shape index (κ3) is 3.32. The molecule has 9 heteroatoms. The number of methoxy groups -OCH3 is 2. The maximum absolute atomic E-state index is 12.3. The van der Waals surface area contributed by atoms with Gasteiger partial charge in [0.15, 0.2) is 11.5 Å². The monoisotopic (exact) mass is 514 g/mol. The number of carboxylic acids is 1. The Bertz CT molecular complexity index is 1240. The number of hydrazone groups is 1. The van der Waals surface area contributed by atoms with Crippen molar-refractivity contribution in [3.63, 3.8) is 0 Å². The van der Waals surface area contributed by atoms with E-state index in [1.165, 1.54) is 14.2 Å². The van der Waals surface area contributed by atoms with Crippen molar-refractivity contribution in [3.05, 3.63) is 73.9 Å². The SMILES string of the molecule is COc1ccc(C2Oc3ccccc3C3CC(c4ccc(Br)s4)=NN32)c(C(=O)O)c1OC. The molecule has 0 amide bonds. The van der Waals surface area contributed by atoms with Crippen molar-refractivity contribution in [2.75, 3.05) is 14.2 Å². The lowest BCUT2D eigenvalue weighted by molar-refractivity contribution is -0.0199. The highest BCUT2D eigenvalue weighted by molar-refractivity contribution is 9.11. The van der Waals surface area contributed by atoms with Gasteiger partial charge in [0.1, 0.15) is 11.3 Å². The average Bonchev–Trinajstić information content (AvgIpc) is 3.44. The molecule has 2 aliphatic rings. The Morgan fingerprint density at radius 3 is 2.66 bits per heavy atom. The molecule has 1 aromatic heterocycles. The highest BCUT2D eigenvalue weighted by Gasteiger charge is 2.43. The highest BCUT2D eigenvalue weighted by Crippen LogP contribution is 2.49. The van der Waals surface area contributed by atoms with Crippen molar-refractivity contribution < 1.29 is 24.1 Å². The molecule has 1 N–H and O–H groups in total. The minimum absolute atomic E-state index is 0.00232. The molecular formula is C23H19BrN2O5S. The van der Waals surface area contributed by atoms with Crippen molar-refractivity contribution in [1.29, 1.82) is 0 Å². The summed E-state index contributed by atoms with van der Waals surface area (Å²) in [6.07, 6.45) is -0.0406.